The quantitative estimate of drug-likeness (QED) is 0.459. The van der Waals surface area contributed by atoms with Crippen LogP contribution in [-0.2, 0) is 13.5 Å². The molecule has 0 radical (unpaired) electrons. The van der Waals surface area contributed by atoms with Crippen molar-refractivity contribution in [2.24, 2.45) is 7.05 Å². The van der Waals surface area contributed by atoms with Crippen LogP contribution in [0.4, 0.5) is 0 Å². The molecule has 0 aliphatic carbocycles. The van der Waals surface area contributed by atoms with Gasteiger partial charge < -0.3 is 4.90 Å². The number of carbonyl (C=O) groups excluding carboxylic acids is 1. The van der Waals surface area contributed by atoms with Gasteiger partial charge in [0.1, 0.15) is 0 Å². The van der Waals surface area contributed by atoms with E-state index in [1.54, 1.807) is 12.4 Å². The van der Waals surface area contributed by atoms with Crippen LogP contribution in [0.5, 0.6) is 0 Å². The van der Waals surface area contributed by atoms with Gasteiger partial charge in [-0.2, -0.15) is 5.10 Å². The Labute approximate surface area is 185 Å². The molecule has 0 fully saturated rings. The maximum absolute atomic E-state index is 13.3. The maximum atomic E-state index is 13.3. The standard InChI is InChI=1S/C24H22ClN5O/c1-14-4-5-16(12-19(14)25)23-18-8-11-30(15(2)22(18)28-29(23)3)24(31)17-6-7-20-21(13-17)27-10-9-26-20/h4-7,9-10,12-13,15H,8,11H2,1-3H3. The number of amides is 1. The van der Waals surface area contributed by atoms with E-state index in [-0.39, 0.29) is 11.9 Å². The van der Waals surface area contributed by atoms with Crippen molar-refractivity contribution in [2.75, 3.05) is 6.54 Å². The Hall–Kier alpha value is -3.25. The number of halogens is 1. The van der Waals surface area contributed by atoms with Crippen molar-refractivity contribution >= 4 is 28.5 Å². The fourth-order valence-electron chi connectivity index (χ4n) is 4.39. The van der Waals surface area contributed by atoms with Crippen molar-refractivity contribution in [3.8, 4) is 11.3 Å². The van der Waals surface area contributed by atoms with Crippen LogP contribution in [0.15, 0.2) is 48.8 Å². The number of aromatic nitrogens is 4. The van der Waals surface area contributed by atoms with Crippen LogP contribution in [0, 0.1) is 6.92 Å². The lowest BCUT2D eigenvalue weighted by atomic mass is 9.94. The fraction of sp³-hybridized carbons (Fsp3) is 0.250. The first-order valence-electron chi connectivity index (χ1n) is 10.3. The number of rotatable bonds is 2. The van der Waals surface area contributed by atoms with E-state index in [9.17, 15) is 4.79 Å². The van der Waals surface area contributed by atoms with E-state index in [0.29, 0.717) is 12.1 Å². The number of nitrogens with zero attached hydrogens (tertiary/aromatic N) is 5. The SMILES string of the molecule is Cc1ccc(-c2c3c(nn2C)C(C)N(C(=O)c2ccc4nccnc4c2)CC3)cc1Cl. The zero-order chi connectivity index (χ0) is 21.7. The third kappa shape index (κ3) is 3.27. The topological polar surface area (TPSA) is 63.9 Å². The Morgan fingerprint density at radius 2 is 1.87 bits per heavy atom. The molecule has 3 heterocycles. The van der Waals surface area contributed by atoms with E-state index in [0.717, 1.165) is 45.0 Å². The van der Waals surface area contributed by atoms with Gasteiger partial charge in [0.15, 0.2) is 0 Å². The minimum atomic E-state index is -0.130. The molecule has 5 rings (SSSR count). The molecule has 1 aliphatic rings. The maximum Gasteiger partial charge on any atom is 0.254 e. The summed E-state index contributed by atoms with van der Waals surface area (Å²) in [6, 6.07) is 11.4. The van der Waals surface area contributed by atoms with Gasteiger partial charge in [-0.05, 0) is 50.1 Å². The first-order chi connectivity index (χ1) is 14.9. The molecule has 0 bridgehead atoms. The average molecular weight is 432 g/mol. The monoisotopic (exact) mass is 431 g/mol. The highest BCUT2D eigenvalue weighted by Gasteiger charge is 2.33. The third-order valence-electron chi connectivity index (χ3n) is 6.06. The Kier molecular flexibility index (Phi) is 4.74. The summed E-state index contributed by atoms with van der Waals surface area (Å²) in [6.07, 6.45) is 4.03. The van der Waals surface area contributed by atoms with Crippen molar-refractivity contribution in [1.29, 1.82) is 0 Å². The third-order valence-corrected chi connectivity index (χ3v) is 6.47. The molecule has 2 aromatic heterocycles. The minimum absolute atomic E-state index is 0.0173. The van der Waals surface area contributed by atoms with Crippen LogP contribution < -0.4 is 0 Å². The van der Waals surface area contributed by atoms with Crippen molar-refractivity contribution < 1.29 is 4.79 Å². The second-order valence-electron chi connectivity index (χ2n) is 7.98. The smallest absolute Gasteiger partial charge is 0.254 e. The van der Waals surface area contributed by atoms with Gasteiger partial charge in [-0.25, -0.2) is 0 Å². The van der Waals surface area contributed by atoms with E-state index in [1.165, 1.54) is 5.56 Å². The first kappa shape index (κ1) is 19.7. The lowest BCUT2D eigenvalue weighted by Gasteiger charge is -2.33. The van der Waals surface area contributed by atoms with Gasteiger partial charge in [0.25, 0.3) is 5.91 Å². The summed E-state index contributed by atoms with van der Waals surface area (Å²) in [4.78, 5) is 23.8. The van der Waals surface area contributed by atoms with Crippen LogP contribution in [-0.4, -0.2) is 37.1 Å². The summed E-state index contributed by atoms with van der Waals surface area (Å²) in [5.41, 5.74) is 7.40. The average Bonchev–Trinajstić information content (AvgIpc) is 3.12. The molecule has 1 aliphatic heterocycles. The molecular weight excluding hydrogens is 410 g/mol. The number of fused-ring (bicyclic) bond motifs is 2. The van der Waals surface area contributed by atoms with E-state index in [1.807, 2.05) is 60.8 Å². The van der Waals surface area contributed by atoms with Crippen LogP contribution in [0.25, 0.3) is 22.3 Å². The van der Waals surface area contributed by atoms with Crippen LogP contribution in [0.2, 0.25) is 5.02 Å². The molecular formula is C24H22ClN5O. The molecule has 1 atom stereocenters. The van der Waals surface area contributed by atoms with E-state index < -0.39 is 0 Å². The largest absolute Gasteiger partial charge is 0.330 e. The highest BCUT2D eigenvalue weighted by molar-refractivity contribution is 6.31. The Morgan fingerprint density at radius 3 is 2.65 bits per heavy atom. The lowest BCUT2D eigenvalue weighted by Crippen LogP contribution is -2.38. The number of hydrogen-bond acceptors (Lipinski definition) is 4. The van der Waals surface area contributed by atoms with Gasteiger partial charge in [0.2, 0.25) is 0 Å². The molecule has 31 heavy (non-hydrogen) atoms. The zero-order valence-electron chi connectivity index (χ0n) is 17.6. The summed E-state index contributed by atoms with van der Waals surface area (Å²) in [6.45, 7) is 4.66. The van der Waals surface area contributed by atoms with Gasteiger partial charge in [-0.1, -0.05) is 23.7 Å². The number of benzene rings is 2. The highest BCUT2D eigenvalue weighted by atomic mass is 35.5. The molecule has 4 aromatic rings. The summed E-state index contributed by atoms with van der Waals surface area (Å²) in [5, 5.41) is 5.54. The molecule has 0 spiro atoms. The molecule has 0 saturated carbocycles. The van der Waals surface area contributed by atoms with Crippen molar-refractivity contribution in [3.63, 3.8) is 0 Å². The molecule has 0 N–H and O–H groups in total. The second kappa shape index (κ2) is 7.46. The Morgan fingerprint density at radius 1 is 1.10 bits per heavy atom. The van der Waals surface area contributed by atoms with Gasteiger partial charge in [0, 0.05) is 47.7 Å². The van der Waals surface area contributed by atoms with Crippen LogP contribution in [0.3, 0.4) is 0 Å². The highest BCUT2D eigenvalue weighted by Crippen LogP contribution is 2.37. The van der Waals surface area contributed by atoms with Crippen molar-refractivity contribution in [1.82, 2.24) is 24.6 Å². The zero-order valence-corrected chi connectivity index (χ0v) is 18.4. The normalized spacial score (nSPS) is 15.9. The number of aryl methyl sites for hydroxylation is 2. The molecule has 2 aromatic carbocycles. The van der Waals surface area contributed by atoms with Gasteiger partial charge >= 0.3 is 0 Å². The molecule has 156 valence electrons. The van der Waals surface area contributed by atoms with Gasteiger partial charge in [-0.3, -0.25) is 19.4 Å². The van der Waals surface area contributed by atoms with Gasteiger partial charge in [0.05, 0.1) is 28.5 Å². The Bertz CT molecular complexity index is 1330. The van der Waals surface area contributed by atoms with E-state index in [4.69, 9.17) is 16.7 Å². The predicted molar refractivity (Wildman–Crippen MR) is 121 cm³/mol. The summed E-state index contributed by atoms with van der Waals surface area (Å²) in [5.74, 6) is -0.0173. The summed E-state index contributed by atoms with van der Waals surface area (Å²) < 4.78 is 1.90. The van der Waals surface area contributed by atoms with E-state index >= 15 is 0 Å². The fourth-order valence-corrected chi connectivity index (χ4v) is 4.57. The summed E-state index contributed by atoms with van der Waals surface area (Å²) in [7, 11) is 1.95. The predicted octanol–water partition coefficient (Wildman–Crippen LogP) is 4.75. The first-order valence-corrected chi connectivity index (χ1v) is 10.7. The minimum Gasteiger partial charge on any atom is -0.330 e. The molecule has 1 unspecified atom stereocenters. The second-order valence-corrected chi connectivity index (χ2v) is 8.39. The van der Waals surface area contributed by atoms with Crippen molar-refractivity contribution in [3.05, 3.63) is 76.2 Å². The summed E-state index contributed by atoms with van der Waals surface area (Å²) >= 11 is 6.38. The van der Waals surface area contributed by atoms with Crippen molar-refractivity contribution in [2.45, 2.75) is 26.3 Å². The lowest BCUT2D eigenvalue weighted by molar-refractivity contribution is 0.0674. The van der Waals surface area contributed by atoms with E-state index in [2.05, 4.69) is 16.0 Å². The molecule has 0 saturated heterocycles. The number of carbonyl (C=O) groups is 1. The molecule has 6 nitrogen and oxygen atoms in total. The number of hydrogen-bond donors (Lipinski definition) is 0. The van der Waals surface area contributed by atoms with Crippen LogP contribution in [0.1, 0.15) is 40.1 Å². The molecule has 1 amide bonds. The van der Waals surface area contributed by atoms with Crippen LogP contribution >= 0.6 is 11.6 Å². The molecule has 7 heteroatoms. The Balaban J connectivity index is 1.49. The van der Waals surface area contributed by atoms with Gasteiger partial charge in [-0.15, -0.1) is 0 Å².